The molecular weight excluding hydrogens is 406 g/mol. The van der Waals surface area contributed by atoms with E-state index in [2.05, 4.69) is 25.5 Å². The molecule has 9 nitrogen and oxygen atoms in total. The van der Waals surface area contributed by atoms with Gasteiger partial charge in [-0.3, -0.25) is 4.79 Å². The van der Waals surface area contributed by atoms with Crippen molar-refractivity contribution >= 4 is 23.1 Å². The quantitative estimate of drug-likeness (QED) is 0.485. The Balaban J connectivity index is 1.56. The molecule has 4 rings (SSSR count). The van der Waals surface area contributed by atoms with Crippen molar-refractivity contribution in [2.75, 3.05) is 11.1 Å². The second-order valence-corrected chi connectivity index (χ2v) is 8.69. The van der Waals surface area contributed by atoms with Gasteiger partial charge >= 0.3 is 0 Å². The van der Waals surface area contributed by atoms with Crippen molar-refractivity contribution in [2.45, 2.75) is 52.3 Å². The summed E-state index contributed by atoms with van der Waals surface area (Å²) in [6, 6.07) is 8.92. The average molecular weight is 437 g/mol. The average Bonchev–Trinajstić information content (AvgIpc) is 3.39. The Kier molecular flexibility index (Phi) is 4.51. The van der Waals surface area contributed by atoms with Crippen LogP contribution in [0.4, 0.5) is 11.6 Å². The van der Waals surface area contributed by atoms with Crippen LogP contribution in [0.3, 0.4) is 0 Å². The number of anilines is 2. The minimum Gasteiger partial charge on any atom is -0.382 e. The van der Waals surface area contributed by atoms with Crippen molar-refractivity contribution in [3.8, 4) is 11.3 Å². The van der Waals surface area contributed by atoms with E-state index in [-0.39, 0.29) is 29.4 Å². The van der Waals surface area contributed by atoms with Gasteiger partial charge in [0.1, 0.15) is 29.1 Å². The molecule has 0 saturated carbocycles. The number of nitrogens with one attached hydrogen (secondary N) is 1. The van der Waals surface area contributed by atoms with E-state index in [9.17, 15) is 4.79 Å². The molecule has 1 unspecified atom stereocenters. The van der Waals surface area contributed by atoms with Gasteiger partial charge in [0.15, 0.2) is 11.6 Å². The van der Waals surface area contributed by atoms with Crippen molar-refractivity contribution in [2.24, 2.45) is 0 Å². The Morgan fingerprint density at radius 1 is 1.31 bits per heavy atom. The standard InChI is InChI=1S/C23H27N7O2/c1-13(2)22-28-19(20-21(24)25-12-26-30(20)22)15-8-6-14(7-9-15)10-18(31)27-17-11-16(32-29-17)23(3,4)5/h6-9,11-13H,10H2,1-5H3,(H2,24,25,26)(H,27,29,31)/i1D3. The maximum absolute atomic E-state index is 12.5. The van der Waals surface area contributed by atoms with E-state index in [0.717, 1.165) is 5.56 Å². The summed E-state index contributed by atoms with van der Waals surface area (Å²) in [5.41, 5.74) is 8.27. The van der Waals surface area contributed by atoms with Crippen LogP contribution in [0.25, 0.3) is 16.8 Å². The van der Waals surface area contributed by atoms with E-state index in [4.69, 9.17) is 14.4 Å². The monoisotopic (exact) mass is 436 g/mol. The van der Waals surface area contributed by atoms with Crippen molar-refractivity contribution in [3.63, 3.8) is 0 Å². The molecule has 32 heavy (non-hydrogen) atoms. The molecule has 0 aliphatic heterocycles. The SMILES string of the molecule is [2H]C([2H])([2H])C(C)c1nc(-c2ccc(CC(=O)Nc3cc(C(C)(C)C)on3)cc2)c2c(N)ncnn12. The van der Waals surface area contributed by atoms with Crippen LogP contribution in [0.15, 0.2) is 41.2 Å². The van der Waals surface area contributed by atoms with E-state index >= 15 is 0 Å². The van der Waals surface area contributed by atoms with E-state index in [1.54, 1.807) is 37.3 Å². The fourth-order valence-corrected chi connectivity index (χ4v) is 3.30. The van der Waals surface area contributed by atoms with Gasteiger partial charge in [0.25, 0.3) is 0 Å². The van der Waals surface area contributed by atoms with Crippen molar-refractivity contribution in [1.82, 2.24) is 24.7 Å². The minimum absolute atomic E-state index is 0.133. The molecule has 4 aromatic rings. The van der Waals surface area contributed by atoms with Gasteiger partial charge < -0.3 is 15.6 Å². The highest BCUT2D eigenvalue weighted by Gasteiger charge is 2.21. The number of nitrogens with zero attached hydrogens (tertiary/aromatic N) is 5. The number of rotatable bonds is 5. The summed E-state index contributed by atoms with van der Waals surface area (Å²) in [6.45, 7) is 5.31. The molecule has 0 fully saturated rings. The highest BCUT2D eigenvalue weighted by Crippen LogP contribution is 2.30. The van der Waals surface area contributed by atoms with E-state index in [1.807, 2.05) is 20.8 Å². The molecular formula is C23H27N7O2. The first-order valence-corrected chi connectivity index (χ1v) is 10.2. The summed E-state index contributed by atoms with van der Waals surface area (Å²) >= 11 is 0. The van der Waals surface area contributed by atoms with Crippen LogP contribution >= 0.6 is 0 Å². The van der Waals surface area contributed by atoms with Crippen LogP contribution in [-0.4, -0.2) is 30.6 Å². The number of aromatic nitrogens is 5. The molecule has 1 aromatic carbocycles. The van der Waals surface area contributed by atoms with Gasteiger partial charge in [-0.1, -0.05) is 64.0 Å². The first kappa shape index (κ1) is 17.9. The molecule has 9 heteroatoms. The number of nitrogens with two attached hydrogens (primary N) is 1. The van der Waals surface area contributed by atoms with Crippen molar-refractivity contribution in [1.29, 1.82) is 0 Å². The molecule has 0 saturated heterocycles. The second-order valence-electron chi connectivity index (χ2n) is 8.69. The lowest BCUT2D eigenvalue weighted by Crippen LogP contribution is -2.14. The molecule has 3 heterocycles. The molecule has 0 aliphatic rings. The van der Waals surface area contributed by atoms with Gasteiger partial charge in [-0.2, -0.15) is 5.10 Å². The Hall–Kier alpha value is -3.75. The molecule has 1 amide bonds. The van der Waals surface area contributed by atoms with Crippen LogP contribution in [0.5, 0.6) is 0 Å². The number of fused-ring (bicyclic) bond motifs is 1. The van der Waals surface area contributed by atoms with Crippen LogP contribution in [0.1, 0.15) is 61.7 Å². The molecule has 0 spiro atoms. The molecule has 0 bridgehead atoms. The first-order valence-electron chi connectivity index (χ1n) is 11.7. The van der Waals surface area contributed by atoms with Gasteiger partial charge in [0, 0.05) is 27.1 Å². The number of amides is 1. The number of carbonyl (C=O) groups is 1. The number of benzene rings is 1. The van der Waals surface area contributed by atoms with Crippen molar-refractivity contribution < 1.29 is 13.4 Å². The zero-order valence-electron chi connectivity index (χ0n) is 21.4. The van der Waals surface area contributed by atoms with E-state index < -0.39 is 12.8 Å². The third kappa shape index (κ3) is 4.18. The number of hydrogen-bond acceptors (Lipinski definition) is 7. The summed E-state index contributed by atoms with van der Waals surface area (Å²) in [6.07, 6.45) is 1.40. The van der Waals surface area contributed by atoms with Crippen LogP contribution < -0.4 is 11.1 Å². The molecule has 0 radical (unpaired) electrons. The largest absolute Gasteiger partial charge is 0.382 e. The van der Waals surface area contributed by atoms with Gasteiger partial charge in [0.05, 0.1) is 6.42 Å². The summed E-state index contributed by atoms with van der Waals surface area (Å²) < 4.78 is 30.1. The van der Waals surface area contributed by atoms with Gasteiger partial charge in [-0.25, -0.2) is 14.5 Å². The first-order chi connectivity index (χ1) is 16.3. The third-order valence-corrected chi connectivity index (χ3v) is 4.98. The Labute approximate surface area is 190 Å². The molecule has 3 aromatic heterocycles. The lowest BCUT2D eigenvalue weighted by molar-refractivity contribution is -0.115. The Morgan fingerprint density at radius 3 is 2.72 bits per heavy atom. The minimum atomic E-state index is -2.26. The van der Waals surface area contributed by atoms with Crippen LogP contribution in [-0.2, 0) is 16.6 Å². The number of carbonyl (C=O) groups excluding carboxylic acids is 1. The number of nitrogen functional groups attached to an aromatic ring is 1. The van der Waals surface area contributed by atoms with Gasteiger partial charge in [-0.15, -0.1) is 0 Å². The summed E-state index contributed by atoms with van der Waals surface area (Å²) in [7, 11) is 0. The maximum Gasteiger partial charge on any atom is 0.230 e. The predicted molar refractivity (Wildman–Crippen MR) is 122 cm³/mol. The summed E-state index contributed by atoms with van der Waals surface area (Å²) in [5.74, 6) is 0.418. The predicted octanol–water partition coefficient (Wildman–Crippen LogP) is 3.96. The van der Waals surface area contributed by atoms with Crippen molar-refractivity contribution in [3.05, 3.63) is 53.8 Å². The second kappa shape index (κ2) is 8.07. The van der Waals surface area contributed by atoms with Gasteiger partial charge in [0.2, 0.25) is 5.91 Å². The van der Waals surface area contributed by atoms with E-state index in [0.29, 0.717) is 28.4 Å². The lowest BCUT2D eigenvalue weighted by atomic mass is 9.93. The molecule has 3 N–H and O–H groups in total. The molecule has 166 valence electrons. The highest BCUT2D eigenvalue weighted by atomic mass is 16.5. The fourth-order valence-electron chi connectivity index (χ4n) is 3.30. The Morgan fingerprint density at radius 2 is 2.06 bits per heavy atom. The number of hydrogen-bond donors (Lipinski definition) is 2. The third-order valence-electron chi connectivity index (χ3n) is 4.98. The summed E-state index contributed by atoms with van der Waals surface area (Å²) in [4.78, 5) is 21.1. The summed E-state index contributed by atoms with van der Waals surface area (Å²) in [5, 5.41) is 10.8. The van der Waals surface area contributed by atoms with Crippen LogP contribution in [0, 0.1) is 0 Å². The fraction of sp³-hybridized carbons (Fsp3) is 0.348. The normalized spacial score (nSPS) is 14.6. The lowest BCUT2D eigenvalue weighted by Gasteiger charge is -2.12. The number of imidazole rings is 1. The molecule has 1 atom stereocenters. The highest BCUT2D eigenvalue weighted by molar-refractivity contribution is 5.91. The zero-order chi connectivity index (χ0) is 25.5. The topological polar surface area (TPSA) is 124 Å². The zero-order valence-corrected chi connectivity index (χ0v) is 18.4. The smallest absolute Gasteiger partial charge is 0.230 e. The van der Waals surface area contributed by atoms with Crippen LogP contribution in [0.2, 0.25) is 0 Å². The van der Waals surface area contributed by atoms with E-state index in [1.165, 1.54) is 10.8 Å². The van der Waals surface area contributed by atoms with Gasteiger partial charge in [-0.05, 0) is 5.56 Å². The Bertz CT molecular complexity index is 1370. The molecule has 0 aliphatic carbocycles. The maximum atomic E-state index is 12.5.